The van der Waals surface area contributed by atoms with E-state index in [9.17, 15) is 19.3 Å². The number of rotatable bonds is 6. The molecule has 0 saturated heterocycles. The Hall–Kier alpha value is -2.95. The minimum absolute atomic E-state index is 0.0371. The van der Waals surface area contributed by atoms with Gasteiger partial charge < -0.3 is 9.30 Å². The van der Waals surface area contributed by atoms with Gasteiger partial charge in [0.15, 0.2) is 4.80 Å². The van der Waals surface area contributed by atoms with E-state index in [0.717, 1.165) is 4.70 Å². The van der Waals surface area contributed by atoms with Crippen molar-refractivity contribution >= 4 is 54.6 Å². The molecular weight excluding hydrogens is 429 g/mol. The highest BCUT2D eigenvalue weighted by molar-refractivity contribution is 7.21. The fourth-order valence-electron chi connectivity index (χ4n) is 3.07. The first-order chi connectivity index (χ1) is 14.5. The van der Waals surface area contributed by atoms with Crippen LogP contribution in [-0.4, -0.2) is 28.6 Å². The van der Waals surface area contributed by atoms with Crippen LogP contribution in [0.5, 0.6) is 0 Å². The smallest absolute Gasteiger partial charge is 0.289 e. The van der Waals surface area contributed by atoms with Crippen molar-refractivity contribution in [2.75, 3.05) is 13.2 Å². The summed E-state index contributed by atoms with van der Waals surface area (Å²) in [7, 11) is 0. The van der Waals surface area contributed by atoms with Crippen LogP contribution in [0.3, 0.4) is 0 Å². The lowest BCUT2D eigenvalue weighted by atomic mass is 10.2. The molecule has 0 aliphatic carbocycles. The first-order valence-electron chi connectivity index (χ1n) is 9.10. The number of thiazole rings is 1. The molecule has 0 unspecified atom stereocenters. The number of halogens is 1. The molecule has 0 fully saturated rings. The summed E-state index contributed by atoms with van der Waals surface area (Å²) >= 11 is 2.44. The number of carbonyl (C=O) groups excluding carboxylic acids is 1. The molecule has 2 aromatic heterocycles. The van der Waals surface area contributed by atoms with E-state index in [-0.39, 0.29) is 11.5 Å². The molecule has 1 amide bonds. The fourth-order valence-corrected chi connectivity index (χ4v) is 5.07. The number of para-hydroxylation sites is 1. The van der Waals surface area contributed by atoms with Crippen molar-refractivity contribution < 1.29 is 18.8 Å². The molecule has 0 saturated carbocycles. The highest BCUT2D eigenvalue weighted by Crippen LogP contribution is 2.29. The Morgan fingerprint density at radius 2 is 2.07 bits per heavy atom. The second-order valence-electron chi connectivity index (χ2n) is 6.33. The van der Waals surface area contributed by atoms with E-state index < -0.39 is 10.8 Å². The van der Waals surface area contributed by atoms with Gasteiger partial charge in [-0.15, -0.1) is 11.3 Å². The predicted octanol–water partition coefficient (Wildman–Crippen LogP) is 4.74. The maximum atomic E-state index is 14.4. The number of ether oxygens (including phenoxy) is 1. The Kier molecular flexibility index (Phi) is 5.71. The lowest BCUT2D eigenvalue weighted by Gasteiger charge is -2.05. The molecule has 0 atom stereocenters. The molecule has 2 aromatic carbocycles. The Bertz CT molecular complexity index is 1340. The summed E-state index contributed by atoms with van der Waals surface area (Å²) in [6.07, 6.45) is 0. The number of nitro benzene ring substituents is 1. The van der Waals surface area contributed by atoms with Gasteiger partial charge >= 0.3 is 0 Å². The van der Waals surface area contributed by atoms with Crippen LogP contribution in [0, 0.1) is 15.9 Å². The third kappa shape index (κ3) is 3.89. The van der Waals surface area contributed by atoms with Crippen LogP contribution >= 0.6 is 22.7 Å². The van der Waals surface area contributed by atoms with Gasteiger partial charge in [-0.1, -0.05) is 17.4 Å². The molecule has 0 spiro atoms. The zero-order chi connectivity index (χ0) is 21.3. The zero-order valence-corrected chi connectivity index (χ0v) is 17.5. The third-order valence-electron chi connectivity index (χ3n) is 4.43. The second kappa shape index (κ2) is 8.42. The predicted molar refractivity (Wildman–Crippen MR) is 115 cm³/mol. The van der Waals surface area contributed by atoms with Gasteiger partial charge in [-0.25, -0.2) is 4.39 Å². The average molecular weight is 445 g/mol. The van der Waals surface area contributed by atoms with Gasteiger partial charge in [-0.05, 0) is 31.2 Å². The number of non-ortho nitro benzene ring substituents is 1. The van der Waals surface area contributed by atoms with Crippen LogP contribution in [0.25, 0.3) is 20.3 Å². The number of nitrogens with zero attached hydrogens (tertiary/aromatic N) is 3. The van der Waals surface area contributed by atoms with E-state index in [0.29, 0.717) is 45.0 Å². The van der Waals surface area contributed by atoms with Crippen LogP contribution < -0.4 is 4.80 Å². The number of aromatic nitrogens is 1. The minimum atomic E-state index is -0.476. The first-order valence-corrected chi connectivity index (χ1v) is 10.7. The summed E-state index contributed by atoms with van der Waals surface area (Å²) in [5, 5.41) is 11.6. The highest BCUT2D eigenvalue weighted by Gasteiger charge is 2.15. The second-order valence-corrected chi connectivity index (χ2v) is 8.42. The van der Waals surface area contributed by atoms with Crippen molar-refractivity contribution in [1.82, 2.24) is 4.57 Å². The van der Waals surface area contributed by atoms with E-state index in [1.807, 2.05) is 6.92 Å². The Labute approximate surface area is 177 Å². The number of benzene rings is 2. The molecule has 154 valence electrons. The molecule has 10 heteroatoms. The number of thiophene rings is 1. The summed E-state index contributed by atoms with van der Waals surface area (Å²) in [4.78, 5) is 28.3. The maximum Gasteiger partial charge on any atom is 0.289 e. The largest absolute Gasteiger partial charge is 0.380 e. The lowest BCUT2D eigenvalue weighted by molar-refractivity contribution is -0.384. The van der Waals surface area contributed by atoms with Gasteiger partial charge in [0.1, 0.15) is 5.82 Å². The van der Waals surface area contributed by atoms with Crippen molar-refractivity contribution in [2.24, 2.45) is 4.99 Å². The normalized spacial score (nSPS) is 12.1. The molecular formula is C20H16FN3O4S2. The van der Waals surface area contributed by atoms with Gasteiger partial charge in [0.2, 0.25) is 0 Å². The molecule has 4 rings (SSSR count). The molecule has 0 aliphatic heterocycles. The molecule has 2 heterocycles. The first kappa shape index (κ1) is 20.3. The van der Waals surface area contributed by atoms with Crippen LogP contribution in [0.1, 0.15) is 16.6 Å². The van der Waals surface area contributed by atoms with Gasteiger partial charge in [0, 0.05) is 35.4 Å². The molecule has 0 radical (unpaired) electrons. The topological polar surface area (TPSA) is 86.7 Å². The number of carbonyl (C=O) groups is 1. The van der Waals surface area contributed by atoms with E-state index in [1.165, 1.54) is 40.9 Å². The number of amides is 1. The maximum absolute atomic E-state index is 14.4. The van der Waals surface area contributed by atoms with Crippen molar-refractivity contribution in [1.29, 1.82) is 0 Å². The van der Waals surface area contributed by atoms with Crippen LogP contribution in [0.15, 0.2) is 47.5 Å². The van der Waals surface area contributed by atoms with Crippen LogP contribution in [-0.2, 0) is 11.3 Å². The Morgan fingerprint density at radius 3 is 2.83 bits per heavy atom. The molecule has 0 aliphatic rings. The monoisotopic (exact) mass is 445 g/mol. The Balaban J connectivity index is 1.77. The molecule has 30 heavy (non-hydrogen) atoms. The van der Waals surface area contributed by atoms with E-state index >= 15 is 0 Å². The Morgan fingerprint density at radius 1 is 1.23 bits per heavy atom. The van der Waals surface area contributed by atoms with Gasteiger partial charge in [0.25, 0.3) is 11.6 Å². The van der Waals surface area contributed by atoms with E-state index in [2.05, 4.69) is 4.99 Å². The van der Waals surface area contributed by atoms with Crippen LogP contribution in [0.4, 0.5) is 10.1 Å². The number of fused-ring (bicyclic) bond motifs is 2. The minimum Gasteiger partial charge on any atom is -0.380 e. The molecule has 0 bridgehead atoms. The fraction of sp³-hybridized carbons (Fsp3) is 0.200. The van der Waals surface area contributed by atoms with Crippen molar-refractivity contribution in [2.45, 2.75) is 13.5 Å². The SMILES string of the molecule is CCOCCn1c(=NC(=O)c2cc3cc([N+](=O)[O-])ccc3s2)sc2cccc(F)c21. The van der Waals surface area contributed by atoms with Gasteiger partial charge in [0.05, 0.1) is 26.6 Å². The third-order valence-corrected chi connectivity index (χ3v) is 6.58. The van der Waals surface area contributed by atoms with E-state index in [4.69, 9.17) is 4.74 Å². The summed E-state index contributed by atoms with van der Waals surface area (Å²) in [6.45, 7) is 3.13. The number of hydrogen-bond acceptors (Lipinski definition) is 6. The van der Waals surface area contributed by atoms with Crippen molar-refractivity contribution in [3.63, 3.8) is 0 Å². The quantitative estimate of drug-likeness (QED) is 0.244. The van der Waals surface area contributed by atoms with E-state index in [1.54, 1.807) is 28.8 Å². The standard InChI is InChI=1S/C20H16FN3O4S2/c1-2-28-9-8-23-18-14(21)4-3-5-16(18)30-20(23)22-19(25)17-11-12-10-13(24(26)27)6-7-15(12)29-17/h3-7,10-11H,2,8-9H2,1H3. The van der Waals surface area contributed by atoms with Crippen molar-refractivity contribution in [3.05, 3.63) is 68.1 Å². The number of hydrogen-bond donors (Lipinski definition) is 0. The summed E-state index contributed by atoms with van der Waals surface area (Å²) in [5.41, 5.74) is 0.353. The van der Waals surface area contributed by atoms with Gasteiger partial charge in [-0.2, -0.15) is 4.99 Å². The average Bonchev–Trinajstić information content (AvgIpc) is 3.30. The van der Waals surface area contributed by atoms with Gasteiger partial charge in [-0.3, -0.25) is 14.9 Å². The van der Waals surface area contributed by atoms with Crippen molar-refractivity contribution in [3.8, 4) is 0 Å². The van der Waals surface area contributed by atoms with Crippen LogP contribution in [0.2, 0.25) is 0 Å². The zero-order valence-electron chi connectivity index (χ0n) is 15.8. The lowest BCUT2D eigenvalue weighted by Crippen LogP contribution is -2.20. The number of nitro groups is 1. The molecule has 7 nitrogen and oxygen atoms in total. The summed E-state index contributed by atoms with van der Waals surface area (Å²) < 4.78 is 22.9. The molecule has 0 N–H and O–H groups in total. The summed E-state index contributed by atoms with van der Waals surface area (Å²) in [6, 6.07) is 10.8. The summed E-state index contributed by atoms with van der Waals surface area (Å²) in [5.74, 6) is -0.862. The highest BCUT2D eigenvalue weighted by atomic mass is 32.1. The molecule has 4 aromatic rings.